The first kappa shape index (κ1) is 11.1. The molecule has 0 fully saturated rings. The first-order valence-corrected chi connectivity index (χ1v) is 6.25. The quantitative estimate of drug-likeness (QED) is 0.830. The molecule has 92 valence electrons. The normalized spacial score (nSPS) is 18.4. The molecule has 1 unspecified atom stereocenters. The van der Waals surface area contributed by atoms with Crippen LogP contribution in [0.4, 0.5) is 0 Å². The Balaban J connectivity index is 2.14. The van der Waals surface area contributed by atoms with Crippen LogP contribution >= 0.6 is 0 Å². The van der Waals surface area contributed by atoms with Gasteiger partial charge in [0.1, 0.15) is 0 Å². The number of pyridine rings is 1. The molecule has 4 nitrogen and oxygen atoms in total. The second-order valence-electron chi connectivity index (χ2n) is 4.73. The van der Waals surface area contributed by atoms with E-state index in [2.05, 4.69) is 21.0 Å². The molecule has 0 bridgehead atoms. The lowest BCUT2D eigenvalue weighted by atomic mass is 9.83. The van der Waals surface area contributed by atoms with E-state index >= 15 is 0 Å². The van der Waals surface area contributed by atoms with Crippen LogP contribution < -0.4 is 5.56 Å². The summed E-state index contributed by atoms with van der Waals surface area (Å²) in [6, 6.07) is 4.09. The Bertz CT molecular complexity index is 633. The largest absolute Gasteiger partial charge is 0.313 e. The van der Waals surface area contributed by atoms with Crippen LogP contribution in [0, 0.1) is 6.92 Å². The minimum atomic E-state index is -0.0527. The van der Waals surface area contributed by atoms with Gasteiger partial charge in [-0.25, -0.2) is 4.98 Å². The van der Waals surface area contributed by atoms with Crippen molar-refractivity contribution in [1.29, 1.82) is 0 Å². The molecule has 3 rings (SSSR count). The lowest BCUT2D eigenvalue weighted by Crippen LogP contribution is -2.20. The molecule has 1 atom stereocenters. The zero-order valence-electron chi connectivity index (χ0n) is 10.3. The van der Waals surface area contributed by atoms with Crippen molar-refractivity contribution < 1.29 is 0 Å². The Hall–Kier alpha value is -1.97. The van der Waals surface area contributed by atoms with E-state index in [9.17, 15) is 4.79 Å². The summed E-state index contributed by atoms with van der Waals surface area (Å²) in [7, 11) is 0. The van der Waals surface area contributed by atoms with Gasteiger partial charge in [-0.05, 0) is 37.8 Å². The van der Waals surface area contributed by atoms with Crippen LogP contribution in [-0.4, -0.2) is 15.0 Å². The highest BCUT2D eigenvalue weighted by Crippen LogP contribution is 2.34. The number of hydrogen-bond donors (Lipinski definition) is 1. The number of aryl methyl sites for hydroxylation is 1. The smallest absolute Gasteiger partial charge is 0.253 e. The number of aromatic amines is 1. The molecule has 1 aliphatic rings. The monoisotopic (exact) mass is 241 g/mol. The third-order valence-corrected chi connectivity index (χ3v) is 3.65. The van der Waals surface area contributed by atoms with Crippen LogP contribution in [0.25, 0.3) is 0 Å². The summed E-state index contributed by atoms with van der Waals surface area (Å²) < 4.78 is 0. The molecule has 2 heterocycles. The van der Waals surface area contributed by atoms with Gasteiger partial charge in [0.2, 0.25) is 0 Å². The predicted octanol–water partition coefficient (Wildman–Crippen LogP) is 1.94. The third-order valence-electron chi connectivity index (χ3n) is 3.65. The van der Waals surface area contributed by atoms with E-state index in [1.54, 1.807) is 0 Å². The molecule has 0 aromatic carbocycles. The van der Waals surface area contributed by atoms with Crippen molar-refractivity contribution in [3.8, 4) is 0 Å². The molecule has 0 saturated heterocycles. The van der Waals surface area contributed by atoms with Crippen molar-refractivity contribution >= 4 is 0 Å². The summed E-state index contributed by atoms with van der Waals surface area (Å²) in [4.78, 5) is 23.2. The van der Waals surface area contributed by atoms with Crippen LogP contribution in [0.1, 0.15) is 41.3 Å². The van der Waals surface area contributed by atoms with Gasteiger partial charge in [-0.1, -0.05) is 6.07 Å². The Kier molecular flexibility index (Phi) is 2.70. The van der Waals surface area contributed by atoms with Crippen LogP contribution in [-0.2, 0) is 6.42 Å². The van der Waals surface area contributed by atoms with Crippen molar-refractivity contribution in [2.45, 2.75) is 32.1 Å². The van der Waals surface area contributed by atoms with Crippen LogP contribution in [0.3, 0.4) is 0 Å². The minimum absolute atomic E-state index is 0.0527. The van der Waals surface area contributed by atoms with Crippen LogP contribution in [0.2, 0.25) is 0 Å². The van der Waals surface area contributed by atoms with Crippen molar-refractivity contribution in [3.05, 3.63) is 57.5 Å². The highest BCUT2D eigenvalue weighted by molar-refractivity contribution is 5.34. The van der Waals surface area contributed by atoms with Gasteiger partial charge in [0, 0.05) is 17.7 Å². The third kappa shape index (κ3) is 1.74. The second kappa shape index (κ2) is 4.37. The van der Waals surface area contributed by atoms with Gasteiger partial charge >= 0.3 is 0 Å². The summed E-state index contributed by atoms with van der Waals surface area (Å²) in [5, 5.41) is 0. The lowest BCUT2D eigenvalue weighted by Gasteiger charge is -2.24. The average molecular weight is 241 g/mol. The van der Waals surface area contributed by atoms with E-state index in [1.165, 1.54) is 11.9 Å². The van der Waals surface area contributed by atoms with E-state index < -0.39 is 0 Å². The van der Waals surface area contributed by atoms with Crippen LogP contribution in [0.5, 0.6) is 0 Å². The SMILES string of the molecule is Cc1c(C2CCCc3cccnc32)nc[nH]c1=O. The number of nitrogens with zero attached hydrogens (tertiary/aromatic N) is 2. The summed E-state index contributed by atoms with van der Waals surface area (Å²) in [6.07, 6.45) is 6.52. The average Bonchev–Trinajstić information content (AvgIpc) is 2.41. The molecule has 1 aliphatic carbocycles. The summed E-state index contributed by atoms with van der Waals surface area (Å²) in [5.74, 6) is 0.164. The van der Waals surface area contributed by atoms with Gasteiger partial charge in [-0.2, -0.15) is 0 Å². The predicted molar refractivity (Wildman–Crippen MR) is 68.6 cm³/mol. The number of fused-ring (bicyclic) bond motifs is 1. The minimum Gasteiger partial charge on any atom is -0.313 e. The van der Waals surface area contributed by atoms with Gasteiger partial charge < -0.3 is 4.98 Å². The first-order chi connectivity index (χ1) is 8.77. The van der Waals surface area contributed by atoms with E-state index in [0.29, 0.717) is 5.56 Å². The van der Waals surface area contributed by atoms with E-state index in [1.807, 2.05) is 19.2 Å². The fourth-order valence-corrected chi connectivity index (χ4v) is 2.71. The Labute approximate surface area is 105 Å². The Morgan fingerprint density at radius 1 is 1.33 bits per heavy atom. The van der Waals surface area contributed by atoms with Gasteiger partial charge in [0.15, 0.2) is 0 Å². The highest BCUT2D eigenvalue weighted by Gasteiger charge is 2.25. The topological polar surface area (TPSA) is 58.6 Å². The highest BCUT2D eigenvalue weighted by atomic mass is 16.1. The maximum absolute atomic E-state index is 11.7. The number of hydrogen-bond acceptors (Lipinski definition) is 3. The first-order valence-electron chi connectivity index (χ1n) is 6.25. The molecule has 2 aromatic rings. The fourth-order valence-electron chi connectivity index (χ4n) is 2.71. The van der Waals surface area contributed by atoms with Gasteiger partial charge in [0.25, 0.3) is 5.56 Å². The van der Waals surface area contributed by atoms with E-state index in [-0.39, 0.29) is 11.5 Å². The van der Waals surface area contributed by atoms with Gasteiger partial charge in [-0.15, -0.1) is 0 Å². The van der Waals surface area contributed by atoms with Crippen LogP contribution in [0.15, 0.2) is 29.5 Å². The number of aromatic nitrogens is 3. The summed E-state index contributed by atoms with van der Waals surface area (Å²) in [6.45, 7) is 1.83. The Morgan fingerprint density at radius 3 is 3.11 bits per heavy atom. The van der Waals surface area contributed by atoms with Crippen molar-refractivity contribution in [3.63, 3.8) is 0 Å². The van der Waals surface area contributed by atoms with Gasteiger partial charge in [0.05, 0.1) is 17.7 Å². The maximum Gasteiger partial charge on any atom is 0.253 e. The molecule has 4 heteroatoms. The zero-order chi connectivity index (χ0) is 12.5. The molecule has 0 radical (unpaired) electrons. The molecule has 18 heavy (non-hydrogen) atoms. The molecular formula is C14H15N3O. The van der Waals surface area contributed by atoms with Gasteiger partial charge in [-0.3, -0.25) is 9.78 Å². The van der Waals surface area contributed by atoms with Crippen molar-refractivity contribution in [2.24, 2.45) is 0 Å². The van der Waals surface area contributed by atoms with E-state index in [4.69, 9.17) is 0 Å². The van der Waals surface area contributed by atoms with E-state index in [0.717, 1.165) is 30.7 Å². The summed E-state index contributed by atoms with van der Waals surface area (Å²) in [5.41, 5.74) is 3.91. The molecule has 2 aromatic heterocycles. The molecule has 0 aliphatic heterocycles. The zero-order valence-corrected chi connectivity index (χ0v) is 10.3. The molecule has 0 spiro atoms. The number of nitrogens with one attached hydrogen (secondary N) is 1. The molecule has 0 amide bonds. The fraction of sp³-hybridized carbons (Fsp3) is 0.357. The van der Waals surface area contributed by atoms with Crippen molar-refractivity contribution in [1.82, 2.24) is 15.0 Å². The standard InChI is InChI=1S/C14H15N3O/c1-9-12(16-8-17-14(9)18)11-6-2-4-10-5-3-7-15-13(10)11/h3,5,7-8,11H,2,4,6H2,1H3,(H,16,17,18). The lowest BCUT2D eigenvalue weighted by molar-refractivity contribution is 0.583. The molecule has 1 N–H and O–H groups in total. The second-order valence-corrected chi connectivity index (χ2v) is 4.73. The summed E-state index contributed by atoms with van der Waals surface area (Å²) >= 11 is 0. The molecule has 0 saturated carbocycles. The Morgan fingerprint density at radius 2 is 2.22 bits per heavy atom. The number of rotatable bonds is 1. The van der Waals surface area contributed by atoms with Crippen molar-refractivity contribution in [2.75, 3.05) is 0 Å². The maximum atomic E-state index is 11.7. The molecular weight excluding hydrogens is 226 g/mol. The number of H-pyrrole nitrogens is 1.